The van der Waals surface area contributed by atoms with Crippen molar-refractivity contribution in [2.75, 3.05) is 12.8 Å². The Morgan fingerprint density at radius 3 is 2.93 bits per heavy atom. The predicted molar refractivity (Wildman–Crippen MR) is 60.5 cm³/mol. The molecule has 0 aromatic rings. The lowest BCUT2D eigenvalue weighted by atomic mass is 10.5. The van der Waals surface area contributed by atoms with Crippen molar-refractivity contribution >= 4 is 22.9 Å². The Labute approximate surface area is 88.8 Å². The number of thioether (sulfide) groups is 1. The molecule has 0 fully saturated rings. The van der Waals surface area contributed by atoms with Crippen molar-refractivity contribution in [1.29, 1.82) is 0 Å². The molecule has 0 aromatic carbocycles. The average molecular weight is 216 g/mol. The van der Waals surface area contributed by atoms with Crippen molar-refractivity contribution < 1.29 is 9.63 Å². The molecule has 0 rings (SSSR count). The molecular formula is C9H16N2O2S. The molecule has 5 heteroatoms. The molecule has 14 heavy (non-hydrogen) atoms. The Morgan fingerprint density at radius 1 is 1.71 bits per heavy atom. The maximum Gasteiger partial charge on any atom is 0.433 e. The van der Waals surface area contributed by atoms with Crippen molar-refractivity contribution in [3.63, 3.8) is 0 Å². The number of carbonyl (C=O) groups excluding carboxylic acids is 1. The third kappa shape index (κ3) is 6.54. The predicted octanol–water partition coefficient (Wildman–Crippen LogP) is 2.38. The molecule has 0 spiro atoms. The molecule has 0 aliphatic carbocycles. The molecule has 80 valence electrons. The van der Waals surface area contributed by atoms with Crippen molar-refractivity contribution in [2.24, 2.45) is 5.16 Å². The summed E-state index contributed by atoms with van der Waals surface area (Å²) in [6, 6.07) is 0. The fourth-order valence-corrected chi connectivity index (χ4v) is 1.41. The summed E-state index contributed by atoms with van der Waals surface area (Å²) >= 11 is 1.57. The second-order valence-corrected chi connectivity index (χ2v) is 3.56. The summed E-state index contributed by atoms with van der Waals surface area (Å²) in [6.45, 7) is 5.59. The highest BCUT2D eigenvalue weighted by Crippen LogP contribution is 2.09. The van der Waals surface area contributed by atoms with Crippen molar-refractivity contribution in [3.8, 4) is 0 Å². The van der Waals surface area contributed by atoms with Crippen LogP contribution in [0.1, 0.15) is 19.8 Å². The lowest BCUT2D eigenvalue weighted by molar-refractivity contribution is 0.153. The summed E-state index contributed by atoms with van der Waals surface area (Å²) in [5, 5.41) is 6.85. The van der Waals surface area contributed by atoms with Crippen LogP contribution >= 0.6 is 11.8 Å². The number of carbonyl (C=O) groups is 1. The number of allylic oxidation sites excluding steroid dienone is 1. The van der Waals surface area contributed by atoms with Crippen LogP contribution in [-0.4, -0.2) is 23.9 Å². The summed E-state index contributed by atoms with van der Waals surface area (Å²) < 4.78 is 0. The van der Waals surface area contributed by atoms with Gasteiger partial charge in [0.05, 0.1) is 0 Å². The van der Waals surface area contributed by atoms with Crippen LogP contribution in [0.5, 0.6) is 0 Å². The van der Waals surface area contributed by atoms with Gasteiger partial charge in [-0.15, -0.1) is 18.3 Å². The lowest BCUT2D eigenvalue weighted by Gasteiger charge is -2.01. The first-order valence-electron chi connectivity index (χ1n) is 4.43. The minimum Gasteiger partial charge on any atom is -0.323 e. The standard InChI is InChI=1S/C9H16N2O2S/c1-4-6-7-14-8(5-2)11-13-9(12)10-3/h4H,1,5-7H2,2-3H3,(H,10,12). The van der Waals surface area contributed by atoms with Crippen molar-refractivity contribution in [1.82, 2.24) is 5.32 Å². The van der Waals surface area contributed by atoms with Gasteiger partial charge < -0.3 is 5.32 Å². The minimum absolute atomic E-state index is 0.541. The van der Waals surface area contributed by atoms with E-state index in [1.807, 2.05) is 13.0 Å². The average Bonchev–Trinajstić information content (AvgIpc) is 2.22. The SMILES string of the molecule is C=CCCSC(CC)=NOC(=O)NC. The highest BCUT2D eigenvalue weighted by Gasteiger charge is 2.00. The van der Waals surface area contributed by atoms with Gasteiger partial charge in [0.15, 0.2) is 0 Å². The highest BCUT2D eigenvalue weighted by atomic mass is 32.2. The van der Waals surface area contributed by atoms with E-state index in [9.17, 15) is 4.79 Å². The molecule has 0 heterocycles. The largest absolute Gasteiger partial charge is 0.433 e. The summed E-state index contributed by atoms with van der Waals surface area (Å²) in [7, 11) is 1.49. The number of amides is 1. The zero-order chi connectivity index (χ0) is 10.8. The molecule has 0 radical (unpaired) electrons. The van der Waals surface area contributed by atoms with E-state index >= 15 is 0 Å². The van der Waals surface area contributed by atoms with Crippen LogP contribution in [0.25, 0.3) is 0 Å². The van der Waals surface area contributed by atoms with Crippen LogP contribution in [0.15, 0.2) is 17.8 Å². The molecule has 0 saturated carbocycles. The van der Waals surface area contributed by atoms with Gasteiger partial charge in [-0.1, -0.05) is 18.2 Å². The zero-order valence-electron chi connectivity index (χ0n) is 8.58. The first-order valence-corrected chi connectivity index (χ1v) is 5.42. The molecule has 0 unspecified atom stereocenters. The van der Waals surface area contributed by atoms with Crippen LogP contribution in [0.3, 0.4) is 0 Å². The van der Waals surface area contributed by atoms with Crippen LogP contribution < -0.4 is 5.32 Å². The van der Waals surface area contributed by atoms with Gasteiger partial charge in [-0.2, -0.15) is 0 Å². The number of nitrogens with zero attached hydrogens (tertiary/aromatic N) is 1. The van der Waals surface area contributed by atoms with Crippen LogP contribution in [0.2, 0.25) is 0 Å². The fourth-order valence-electron chi connectivity index (χ4n) is 0.591. The Balaban J connectivity index is 3.85. The normalized spacial score (nSPS) is 10.9. The van der Waals surface area contributed by atoms with Gasteiger partial charge >= 0.3 is 6.09 Å². The van der Waals surface area contributed by atoms with Crippen LogP contribution in [-0.2, 0) is 4.84 Å². The minimum atomic E-state index is -0.541. The number of hydrogen-bond donors (Lipinski definition) is 1. The van der Waals surface area contributed by atoms with Gasteiger partial charge in [-0.25, -0.2) is 4.79 Å². The summed E-state index contributed by atoms with van der Waals surface area (Å²) in [5.74, 6) is 0.910. The lowest BCUT2D eigenvalue weighted by Crippen LogP contribution is -2.17. The monoisotopic (exact) mass is 216 g/mol. The molecule has 4 nitrogen and oxygen atoms in total. The van der Waals surface area contributed by atoms with E-state index in [4.69, 9.17) is 0 Å². The quantitative estimate of drug-likeness (QED) is 0.192. The van der Waals surface area contributed by atoms with E-state index in [2.05, 4.69) is 21.9 Å². The first kappa shape index (κ1) is 13.0. The molecule has 0 saturated heterocycles. The first-order chi connectivity index (χ1) is 6.74. The fraction of sp³-hybridized carbons (Fsp3) is 0.556. The smallest absolute Gasteiger partial charge is 0.323 e. The molecule has 0 bridgehead atoms. The molecule has 0 atom stereocenters. The molecule has 0 aromatic heterocycles. The van der Waals surface area contributed by atoms with E-state index < -0.39 is 6.09 Å². The summed E-state index contributed by atoms with van der Waals surface area (Å²) in [4.78, 5) is 15.3. The number of nitrogens with one attached hydrogen (secondary N) is 1. The Morgan fingerprint density at radius 2 is 2.43 bits per heavy atom. The second kappa shape index (κ2) is 8.62. The maximum absolute atomic E-state index is 10.7. The van der Waals surface area contributed by atoms with Crippen molar-refractivity contribution in [2.45, 2.75) is 19.8 Å². The number of hydrogen-bond acceptors (Lipinski definition) is 4. The summed E-state index contributed by atoms with van der Waals surface area (Å²) in [6.07, 6.45) is 2.99. The van der Waals surface area contributed by atoms with Crippen LogP contribution in [0.4, 0.5) is 4.79 Å². The third-order valence-corrected chi connectivity index (χ3v) is 2.46. The number of oxime groups is 1. The molecule has 1 amide bonds. The molecule has 1 N–H and O–H groups in total. The van der Waals surface area contributed by atoms with E-state index in [0.29, 0.717) is 0 Å². The van der Waals surface area contributed by atoms with E-state index in [1.54, 1.807) is 11.8 Å². The van der Waals surface area contributed by atoms with Gasteiger partial charge in [0.1, 0.15) is 5.04 Å². The van der Waals surface area contributed by atoms with Gasteiger partial charge in [-0.3, -0.25) is 4.84 Å². The zero-order valence-corrected chi connectivity index (χ0v) is 9.39. The van der Waals surface area contributed by atoms with Gasteiger partial charge in [0.2, 0.25) is 0 Å². The van der Waals surface area contributed by atoms with Gasteiger partial charge in [0.25, 0.3) is 0 Å². The van der Waals surface area contributed by atoms with E-state index in [-0.39, 0.29) is 0 Å². The Hall–Kier alpha value is -0.970. The van der Waals surface area contributed by atoms with E-state index in [1.165, 1.54) is 7.05 Å². The van der Waals surface area contributed by atoms with Crippen molar-refractivity contribution in [3.05, 3.63) is 12.7 Å². The number of rotatable bonds is 5. The highest BCUT2D eigenvalue weighted by molar-refractivity contribution is 8.13. The van der Waals surface area contributed by atoms with Gasteiger partial charge in [-0.05, 0) is 12.8 Å². The second-order valence-electron chi connectivity index (χ2n) is 2.39. The van der Waals surface area contributed by atoms with Gasteiger partial charge in [0, 0.05) is 12.8 Å². The summed E-state index contributed by atoms with van der Waals surface area (Å²) in [5.41, 5.74) is 0. The molecular weight excluding hydrogens is 200 g/mol. The maximum atomic E-state index is 10.7. The molecule has 0 aliphatic rings. The van der Waals surface area contributed by atoms with E-state index in [0.717, 1.165) is 23.6 Å². The third-order valence-electron chi connectivity index (χ3n) is 1.33. The topological polar surface area (TPSA) is 50.7 Å². The Bertz CT molecular complexity index is 217. The Kier molecular flexibility index (Phi) is 8.02. The molecule has 0 aliphatic heterocycles. The van der Waals surface area contributed by atoms with Crippen LogP contribution in [0, 0.1) is 0 Å².